The predicted octanol–water partition coefficient (Wildman–Crippen LogP) is 0.620. The number of carbonyl (C=O) groups is 1. The monoisotopic (exact) mass is 191 g/mol. The molecule has 2 N–H and O–H groups in total. The third-order valence-corrected chi connectivity index (χ3v) is 1.72. The number of hydrogen-bond donors (Lipinski definition) is 2. The highest BCUT2D eigenvalue weighted by molar-refractivity contribution is 5.96. The fraction of sp³-hybridized carbons (Fsp3) is 0.250. The summed E-state index contributed by atoms with van der Waals surface area (Å²) in [6, 6.07) is 0. The molecule has 6 nitrogen and oxygen atoms in total. The van der Waals surface area contributed by atoms with Gasteiger partial charge in [-0.2, -0.15) is 5.10 Å². The van der Waals surface area contributed by atoms with Gasteiger partial charge in [0.05, 0.1) is 6.20 Å². The van der Waals surface area contributed by atoms with E-state index in [0.717, 1.165) is 0 Å². The summed E-state index contributed by atoms with van der Waals surface area (Å²) >= 11 is 0. The van der Waals surface area contributed by atoms with Gasteiger partial charge >= 0.3 is 0 Å². The molecule has 0 radical (unpaired) electrons. The average molecular weight is 191 g/mol. The van der Waals surface area contributed by atoms with Crippen LogP contribution in [0.4, 0.5) is 5.82 Å². The maximum absolute atomic E-state index is 10.8. The van der Waals surface area contributed by atoms with Crippen LogP contribution in [0.1, 0.15) is 12.7 Å². The highest BCUT2D eigenvalue weighted by Gasteiger charge is 2.08. The number of rotatable bonds is 1. The Bertz CT molecular complexity index is 489. The molecule has 0 saturated carbocycles. The van der Waals surface area contributed by atoms with Gasteiger partial charge in [-0.1, -0.05) is 0 Å². The van der Waals surface area contributed by atoms with Gasteiger partial charge in [-0.25, -0.2) is 9.97 Å². The fourth-order valence-electron chi connectivity index (χ4n) is 1.16. The zero-order valence-corrected chi connectivity index (χ0v) is 7.83. The first kappa shape index (κ1) is 8.61. The fourth-order valence-corrected chi connectivity index (χ4v) is 1.16. The smallest absolute Gasteiger partial charge is 0.222 e. The molecule has 72 valence electrons. The molecule has 0 aliphatic heterocycles. The van der Waals surface area contributed by atoms with Gasteiger partial charge in [-0.3, -0.25) is 9.89 Å². The second kappa shape index (κ2) is 3.06. The van der Waals surface area contributed by atoms with E-state index in [1.165, 1.54) is 6.92 Å². The molecule has 0 spiro atoms. The van der Waals surface area contributed by atoms with Gasteiger partial charge in [-0.05, 0) is 6.92 Å². The van der Waals surface area contributed by atoms with Gasteiger partial charge in [0, 0.05) is 6.92 Å². The van der Waals surface area contributed by atoms with E-state index >= 15 is 0 Å². The minimum atomic E-state index is -0.172. The minimum Gasteiger partial charge on any atom is -0.308 e. The molecule has 2 rings (SSSR count). The Kier molecular flexibility index (Phi) is 1.88. The molecular formula is C8H9N5O. The molecule has 14 heavy (non-hydrogen) atoms. The maximum Gasteiger partial charge on any atom is 0.222 e. The summed E-state index contributed by atoms with van der Waals surface area (Å²) in [7, 11) is 0. The summed E-state index contributed by atoms with van der Waals surface area (Å²) in [5.41, 5.74) is 1.34. The van der Waals surface area contributed by atoms with Crippen molar-refractivity contribution < 1.29 is 4.79 Å². The van der Waals surface area contributed by atoms with Crippen LogP contribution in [0.3, 0.4) is 0 Å². The summed E-state index contributed by atoms with van der Waals surface area (Å²) in [6.07, 6.45) is 1.63. The molecule has 2 aromatic heterocycles. The molecule has 2 aromatic rings. The number of carbonyl (C=O) groups excluding carboxylic acids is 1. The van der Waals surface area contributed by atoms with Crippen molar-refractivity contribution in [3.63, 3.8) is 0 Å². The van der Waals surface area contributed by atoms with Crippen molar-refractivity contribution in [1.29, 1.82) is 0 Å². The maximum atomic E-state index is 10.8. The predicted molar refractivity (Wildman–Crippen MR) is 50.7 cm³/mol. The molecule has 2 heterocycles. The number of aromatic nitrogens is 4. The average Bonchev–Trinajstić information content (AvgIpc) is 2.47. The number of nitrogens with one attached hydrogen (secondary N) is 2. The van der Waals surface area contributed by atoms with E-state index in [-0.39, 0.29) is 5.91 Å². The van der Waals surface area contributed by atoms with Crippen LogP contribution in [-0.4, -0.2) is 26.1 Å². The number of anilines is 1. The van der Waals surface area contributed by atoms with Crippen LogP contribution in [0.25, 0.3) is 11.0 Å². The SMILES string of the molecule is CC(=O)Nc1n[nH]c2cnc(C)nc12. The molecule has 1 amide bonds. The van der Waals surface area contributed by atoms with Crippen molar-refractivity contribution in [2.45, 2.75) is 13.8 Å². The Balaban J connectivity index is 2.55. The molecule has 0 aromatic carbocycles. The number of aromatic amines is 1. The first-order valence-electron chi connectivity index (χ1n) is 4.12. The summed E-state index contributed by atoms with van der Waals surface area (Å²) in [4.78, 5) is 19.0. The Morgan fingerprint density at radius 3 is 3.07 bits per heavy atom. The second-order valence-corrected chi connectivity index (χ2v) is 2.93. The lowest BCUT2D eigenvalue weighted by atomic mass is 10.4. The van der Waals surface area contributed by atoms with Gasteiger partial charge in [-0.15, -0.1) is 0 Å². The number of hydrogen-bond acceptors (Lipinski definition) is 4. The van der Waals surface area contributed by atoms with Crippen LogP contribution in [0.5, 0.6) is 0 Å². The Hall–Kier alpha value is -1.98. The van der Waals surface area contributed by atoms with E-state index in [1.54, 1.807) is 13.1 Å². The molecule has 0 atom stereocenters. The Labute approximate surface area is 79.8 Å². The molecule has 0 fully saturated rings. The zero-order chi connectivity index (χ0) is 10.1. The normalized spacial score (nSPS) is 10.4. The molecule has 0 unspecified atom stereocenters. The number of aryl methyl sites for hydroxylation is 1. The van der Waals surface area contributed by atoms with Gasteiger partial charge in [0.15, 0.2) is 5.82 Å². The number of nitrogens with zero attached hydrogens (tertiary/aromatic N) is 3. The van der Waals surface area contributed by atoms with Crippen LogP contribution in [0, 0.1) is 6.92 Å². The highest BCUT2D eigenvalue weighted by atomic mass is 16.1. The van der Waals surface area contributed by atoms with E-state index in [1.807, 2.05) is 0 Å². The van der Waals surface area contributed by atoms with Crippen molar-refractivity contribution in [3.05, 3.63) is 12.0 Å². The number of amides is 1. The molecule has 6 heteroatoms. The summed E-state index contributed by atoms with van der Waals surface area (Å²) < 4.78 is 0. The van der Waals surface area contributed by atoms with Gasteiger partial charge in [0.2, 0.25) is 5.91 Å². The Morgan fingerprint density at radius 1 is 1.57 bits per heavy atom. The Morgan fingerprint density at radius 2 is 2.36 bits per heavy atom. The summed E-state index contributed by atoms with van der Waals surface area (Å²) in [6.45, 7) is 3.21. The van der Waals surface area contributed by atoms with E-state index in [2.05, 4.69) is 25.5 Å². The van der Waals surface area contributed by atoms with E-state index in [0.29, 0.717) is 22.7 Å². The van der Waals surface area contributed by atoms with Crippen LogP contribution in [-0.2, 0) is 4.79 Å². The van der Waals surface area contributed by atoms with Crippen molar-refractivity contribution in [2.24, 2.45) is 0 Å². The van der Waals surface area contributed by atoms with Crippen LogP contribution in [0.2, 0.25) is 0 Å². The van der Waals surface area contributed by atoms with Crippen molar-refractivity contribution in [1.82, 2.24) is 20.2 Å². The second-order valence-electron chi connectivity index (χ2n) is 2.93. The van der Waals surface area contributed by atoms with Crippen LogP contribution in [0.15, 0.2) is 6.20 Å². The van der Waals surface area contributed by atoms with Gasteiger partial charge < -0.3 is 5.32 Å². The van der Waals surface area contributed by atoms with Crippen LogP contribution < -0.4 is 5.32 Å². The highest BCUT2D eigenvalue weighted by Crippen LogP contribution is 2.16. The standard InChI is InChI=1S/C8H9N5O/c1-4-9-3-6-7(10-4)8(13-12-6)11-5(2)14/h3H,1-2H3,(H2,11,12,13,14). The number of fused-ring (bicyclic) bond motifs is 1. The first-order valence-corrected chi connectivity index (χ1v) is 4.12. The quantitative estimate of drug-likeness (QED) is 0.692. The van der Waals surface area contributed by atoms with Gasteiger partial charge in [0.1, 0.15) is 16.9 Å². The van der Waals surface area contributed by atoms with Crippen molar-refractivity contribution >= 4 is 22.8 Å². The summed E-state index contributed by atoms with van der Waals surface area (Å²) in [5, 5.41) is 9.23. The summed E-state index contributed by atoms with van der Waals surface area (Å²) in [5.74, 6) is 0.915. The lowest BCUT2D eigenvalue weighted by Crippen LogP contribution is -2.06. The molecule has 0 aliphatic rings. The minimum absolute atomic E-state index is 0.172. The molecular weight excluding hydrogens is 182 g/mol. The lowest BCUT2D eigenvalue weighted by Gasteiger charge is -1.96. The molecule has 0 saturated heterocycles. The molecule has 0 bridgehead atoms. The lowest BCUT2D eigenvalue weighted by molar-refractivity contribution is -0.114. The third kappa shape index (κ3) is 1.41. The van der Waals surface area contributed by atoms with E-state index in [4.69, 9.17) is 0 Å². The van der Waals surface area contributed by atoms with Crippen molar-refractivity contribution in [3.8, 4) is 0 Å². The largest absolute Gasteiger partial charge is 0.308 e. The zero-order valence-electron chi connectivity index (χ0n) is 7.83. The van der Waals surface area contributed by atoms with E-state index < -0.39 is 0 Å². The number of H-pyrrole nitrogens is 1. The van der Waals surface area contributed by atoms with Gasteiger partial charge in [0.25, 0.3) is 0 Å². The third-order valence-electron chi connectivity index (χ3n) is 1.72. The molecule has 0 aliphatic carbocycles. The topological polar surface area (TPSA) is 83.6 Å². The van der Waals surface area contributed by atoms with E-state index in [9.17, 15) is 4.79 Å². The van der Waals surface area contributed by atoms with Crippen molar-refractivity contribution in [2.75, 3.05) is 5.32 Å². The van der Waals surface area contributed by atoms with Crippen LogP contribution >= 0.6 is 0 Å². The first-order chi connectivity index (χ1) is 6.66.